The normalized spacial score (nSPS) is 30.7. The minimum absolute atomic E-state index is 0.102. The topological polar surface area (TPSA) is 221 Å². The van der Waals surface area contributed by atoms with E-state index < -0.39 is 101 Å². The molecule has 2 bridgehead atoms. The molecule has 61 heavy (non-hydrogen) atoms. The van der Waals surface area contributed by atoms with Crippen molar-refractivity contribution in [3.63, 3.8) is 0 Å². The number of aliphatic hydroxyl groups excluding tert-OH is 2. The number of hydrogen-bond acceptors (Lipinski definition) is 14. The third-order valence-electron chi connectivity index (χ3n) is 13.4. The third kappa shape index (κ3) is 6.61. The molecule has 1 unspecified atom stereocenters. The van der Waals surface area contributed by atoms with Gasteiger partial charge in [0.15, 0.2) is 23.2 Å². The van der Waals surface area contributed by atoms with Crippen molar-refractivity contribution in [3.8, 4) is 0 Å². The lowest BCUT2D eigenvalue weighted by molar-refractivity contribution is -0.338. The minimum Gasteiger partial charge on any atom is -0.456 e. The van der Waals surface area contributed by atoms with E-state index in [1.807, 2.05) is 0 Å². The fourth-order valence-electron chi connectivity index (χ4n) is 10.2. The van der Waals surface area contributed by atoms with Gasteiger partial charge in [-0.3, -0.25) is 9.59 Å². The summed E-state index contributed by atoms with van der Waals surface area (Å²) in [5.74, 6) is -6.23. The fourth-order valence-corrected chi connectivity index (χ4v) is 10.2. The van der Waals surface area contributed by atoms with Gasteiger partial charge in [-0.05, 0) is 49.2 Å². The van der Waals surface area contributed by atoms with Gasteiger partial charge >= 0.3 is 23.7 Å². The predicted octanol–water partition coefficient (Wildman–Crippen LogP) is 4.19. The van der Waals surface area contributed by atoms with Crippen LogP contribution >= 0.6 is 0 Å². The van der Waals surface area contributed by atoms with Crippen LogP contribution in [-0.2, 0) is 34.0 Å². The van der Waals surface area contributed by atoms with Crippen molar-refractivity contribution < 1.29 is 62.3 Å². The first kappa shape index (κ1) is 41.8. The molecule has 1 saturated heterocycles. The Balaban J connectivity index is 1.28. The Morgan fingerprint density at radius 2 is 1.48 bits per heavy atom. The van der Waals surface area contributed by atoms with Crippen LogP contribution in [0.1, 0.15) is 91.3 Å². The summed E-state index contributed by atoms with van der Waals surface area (Å²) in [4.78, 5) is 68.3. The maximum Gasteiger partial charge on any atom is 0.519 e. The van der Waals surface area contributed by atoms with Gasteiger partial charge in [-0.1, -0.05) is 80.6 Å². The second kappa shape index (κ2) is 15.2. The van der Waals surface area contributed by atoms with E-state index in [1.165, 1.54) is 19.1 Å². The molecule has 4 N–H and O–H groups in total. The lowest BCUT2D eigenvalue weighted by atomic mass is 9.46. The molecule has 0 spiro atoms. The molecule has 0 radical (unpaired) electrons. The first-order chi connectivity index (χ1) is 28.9. The molecule has 10 atom stereocenters. The number of carbonyl (C=O) groups excluding carboxylic acids is 4. The molecule has 2 fully saturated rings. The average Bonchev–Trinajstić information content (AvgIpc) is 3.62. The van der Waals surface area contributed by atoms with Gasteiger partial charge in [0, 0.05) is 36.3 Å². The van der Waals surface area contributed by atoms with E-state index in [-0.39, 0.29) is 46.8 Å². The van der Waals surface area contributed by atoms with Crippen LogP contribution in [0.15, 0.2) is 110 Å². The summed E-state index contributed by atoms with van der Waals surface area (Å²) in [6.45, 7) is 7.40. The molecule has 15 heteroatoms. The van der Waals surface area contributed by atoms with Gasteiger partial charge in [0.1, 0.15) is 23.9 Å². The Kier molecular flexibility index (Phi) is 10.5. The second-order valence-corrected chi connectivity index (χ2v) is 17.1. The van der Waals surface area contributed by atoms with Crippen molar-refractivity contribution in [1.29, 1.82) is 0 Å². The number of nitrogens with one attached hydrogen (secondary N) is 1. The SMILES string of the molecule is CC(=O)O[C@@]12CO[C@@H]1C[C@H](O)[C@@]1(C)c3oc(=O)oc3C3=C(C)[C@@H](OC(=O)[C@H](O)[C@@H](NC(=O)c4ccccc4)c4ccccc4)C[C@@](O)([C@@H](OC(=O)c4ccccc4)C12)C3(C)C. The number of esters is 3. The van der Waals surface area contributed by atoms with Gasteiger partial charge in [0.2, 0.25) is 0 Å². The summed E-state index contributed by atoms with van der Waals surface area (Å²) >= 11 is 0. The van der Waals surface area contributed by atoms with E-state index in [9.17, 15) is 39.3 Å². The van der Waals surface area contributed by atoms with Gasteiger partial charge in [-0.2, -0.15) is 0 Å². The molecule has 4 aromatic rings. The van der Waals surface area contributed by atoms with E-state index in [0.29, 0.717) is 5.56 Å². The third-order valence-corrected chi connectivity index (χ3v) is 13.4. The van der Waals surface area contributed by atoms with Crippen LogP contribution in [0.3, 0.4) is 0 Å². The Hall–Kier alpha value is -5.87. The van der Waals surface area contributed by atoms with Crippen LogP contribution in [0.4, 0.5) is 0 Å². The van der Waals surface area contributed by atoms with Crippen molar-refractivity contribution >= 4 is 29.4 Å². The number of benzene rings is 3. The van der Waals surface area contributed by atoms with Crippen molar-refractivity contribution in [1.82, 2.24) is 5.32 Å². The summed E-state index contributed by atoms with van der Waals surface area (Å²) in [5.41, 5.74) is -6.05. The molecule has 1 aliphatic heterocycles. The lowest BCUT2D eigenvalue weighted by Gasteiger charge is -2.66. The molecule has 3 aromatic carbocycles. The van der Waals surface area contributed by atoms with E-state index in [0.717, 1.165) is 0 Å². The van der Waals surface area contributed by atoms with Gasteiger partial charge in [-0.25, -0.2) is 14.4 Å². The number of amides is 1. The number of carbonyl (C=O) groups is 4. The molecule has 3 aliphatic carbocycles. The van der Waals surface area contributed by atoms with Crippen LogP contribution in [0.2, 0.25) is 0 Å². The van der Waals surface area contributed by atoms with Crippen LogP contribution in [0.25, 0.3) is 5.57 Å². The van der Waals surface area contributed by atoms with Crippen LogP contribution in [0.5, 0.6) is 0 Å². The monoisotopic (exact) mass is 837 g/mol. The molecule has 1 amide bonds. The summed E-state index contributed by atoms with van der Waals surface area (Å²) in [7, 11) is 0. The Labute approximate surface area is 350 Å². The zero-order valence-electron chi connectivity index (χ0n) is 34.2. The first-order valence-electron chi connectivity index (χ1n) is 20.1. The number of hydrogen-bond donors (Lipinski definition) is 4. The molecule has 4 aliphatic rings. The highest BCUT2D eigenvalue weighted by Gasteiger charge is 2.77. The maximum atomic E-state index is 14.3. The standard InChI is InChI=1S/C46H47NO14/c1-24-29(57-41(53)34(50)33(26-15-9-6-10-16-26)47-39(51)27-17-11-7-12-18-27)22-46(55)38(59-40(52)28-19-13-8-14-20-28)36-44(5,30(49)21-31-45(36,23-56-31)61-25(2)48)37-35(58-42(54)60-37)32(24)43(46,3)4/h6-20,29-31,33-34,36,38,49-50,55H,21-23H2,1-5H3,(H,47,51)/t29-,30-,31+,33-,34+,36?,38-,44+,45-,46+/m0/s1. The Morgan fingerprint density at radius 3 is 2.07 bits per heavy atom. The van der Waals surface area contributed by atoms with E-state index in [4.69, 9.17) is 27.8 Å². The summed E-state index contributed by atoms with van der Waals surface area (Å²) < 4.78 is 36.3. The molecule has 15 nitrogen and oxygen atoms in total. The number of aliphatic hydroxyl groups is 3. The van der Waals surface area contributed by atoms with E-state index in [2.05, 4.69) is 5.32 Å². The largest absolute Gasteiger partial charge is 0.519 e. The highest BCUT2D eigenvalue weighted by molar-refractivity contribution is 5.95. The van der Waals surface area contributed by atoms with Gasteiger partial charge in [0.05, 0.1) is 35.6 Å². The van der Waals surface area contributed by atoms with Crippen molar-refractivity contribution in [3.05, 3.63) is 135 Å². The molecular formula is C46H47NO14. The first-order valence-corrected chi connectivity index (χ1v) is 20.1. The maximum absolute atomic E-state index is 14.3. The molecular weight excluding hydrogens is 790 g/mol. The van der Waals surface area contributed by atoms with E-state index >= 15 is 0 Å². The van der Waals surface area contributed by atoms with Gasteiger partial charge in [-0.15, -0.1) is 0 Å². The summed E-state index contributed by atoms with van der Waals surface area (Å²) in [5, 5.41) is 40.3. The van der Waals surface area contributed by atoms with Crippen molar-refractivity contribution in [2.45, 2.75) is 101 Å². The van der Waals surface area contributed by atoms with Gasteiger partial charge < -0.3 is 48.4 Å². The Morgan fingerprint density at radius 1 is 0.869 bits per heavy atom. The zero-order valence-corrected chi connectivity index (χ0v) is 34.2. The van der Waals surface area contributed by atoms with Gasteiger partial charge in [0.25, 0.3) is 5.91 Å². The highest BCUT2D eigenvalue weighted by Crippen LogP contribution is 2.65. The second-order valence-electron chi connectivity index (χ2n) is 17.1. The minimum atomic E-state index is -2.30. The van der Waals surface area contributed by atoms with Crippen LogP contribution in [0, 0.1) is 11.3 Å². The molecule has 2 heterocycles. The molecule has 320 valence electrons. The molecule has 1 saturated carbocycles. The Bertz CT molecular complexity index is 2440. The van der Waals surface area contributed by atoms with E-state index in [1.54, 1.807) is 107 Å². The lowest BCUT2D eigenvalue weighted by Crippen LogP contribution is -2.80. The fraction of sp³-hybridized carbons (Fsp3) is 0.413. The molecule has 8 rings (SSSR count). The van der Waals surface area contributed by atoms with Crippen LogP contribution < -0.4 is 11.1 Å². The number of rotatable bonds is 9. The summed E-state index contributed by atoms with van der Waals surface area (Å²) in [6, 6.07) is 23.3. The number of ether oxygens (including phenoxy) is 4. The predicted molar refractivity (Wildman–Crippen MR) is 214 cm³/mol. The van der Waals surface area contributed by atoms with Crippen LogP contribution in [-0.4, -0.2) is 87.5 Å². The average molecular weight is 838 g/mol. The smallest absolute Gasteiger partial charge is 0.456 e. The number of fused-ring (bicyclic) bond motifs is 8. The van der Waals surface area contributed by atoms with Crippen molar-refractivity contribution in [2.75, 3.05) is 6.61 Å². The van der Waals surface area contributed by atoms with Crippen molar-refractivity contribution in [2.24, 2.45) is 11.3 Å². The quantitative estimate of drug-likeness (QED) is 0.137. The summed E-state index contributed by atoms with van der Waals surface area (Å²) in [6.07, 6.45) is -8.04. The highest BCUT2D eigenvalue weighted by atomic mass is 16.6. The zero-order chi connectivity index (χ0) is 43.6. The molecule has 1 aromatic heterocycles.